The van der Waals surface area contributed by atoms with E-state index >= 15 is 0 Å². The Labute approximate surface area is 266 Å². The van der Waals surface area contributed by atoms with E-state index in [0.29, 0.717) is 31.1 Å². The Balaban J connectivity index is 0.000000569. The van der Waals surface area contributed by atoms with Gasteiger partial charge in [-0.05, 0) is 75.2 Å². The molecule has 0 aliphatic heterocycles. The summed E-state index contributed by atoms with van der Waals surface area (Å²) in [7, 11) is 0. The smallest absolute Gasteiger partial charge is 0.233 e. The molecule has 0 aliphatic carbocycles. The highest BCUT2D eigenvalue weighted by atomic mass is 16.5. The Kier molecular flexibility index (Phi) is 19.6. The molecule has 0 amide bonds. The predicted molar refractivity (Wildman–Crippen MR) is 186 cm³/mol. The molecule has 0 saturated heterocycles. The summed E-state index contributed by atoms with van der Waals surface area (Å²) in [6, 6.07) is 15.2. The first kappa shape index (κ1) is 36.4. The molecule has 3 rings (SSSR count). The van der Waals surface area contributed by atoms with Crippen LogP contribution in [-0.2, 0) is 0 Å². The third-order valence-electron chi connectivity index (χ3n) is 6.87. The van der Waals surface area contributed by atoms with Crippen molar-refractivity contribution in [2.75, 3.05) is 48.0 Å². The van der Waals surface area contributed by atoms with Gasteiger partial charge in [0.2, 0.25) is 17.8 Å². The Morgan fingerprint density at radius 3 is 1.39 bits per heavy atom. The van der Waals surface area contributed by atoms with Crippen molar-refractivity contribution in [3.8, 4) is 11.5 Å². The summed E-state index contributed by atoms with van der Waals surface area (Å²) in [5.74, 6) is 3.49. The maximum Gasteiger partial charge on any atom is 0.233 e. The van der Waals surface area contributed by atoms with Crippen molar-refractivity contribution in [1.29, 1.82) is 0 Å². The summed E-state index contributed by atoms with van der Waals surface area (Å²) in [6.07, 6.45) is 15.2. The van der Waals surface area contributed by atoms with Crippen LogP contribution >= 0.6 is 0 Å². The number of nitrogens with two attached hydrogens (primary N) is 1. The quantitative estimate of drug-likeness (QED) is 0.0654. The van der Waals surface area contributed by atoms with Crippen LogP contribution in [0.25, 0.3) is 0 Å². The molecule has 2 aromatic carbocycles. The van der Waals surface area contributed by atoms with E-state index in [2.05, 4.69) is 44.7 Å². The third-order valence-corrected chi connectivity index (χ3v) is 6.87. The van der Waals surface area contributed by atoms with Crippen LogP contribution in [-0.4, -0.2) is 41.3 Å². The first-order valence-electron chi connectivity index (χ1n) is 16.8. The molecule has 0 unspecified atom stereocenters. The number of nitrogens with zero attached hydrogens (tertiary/aromatic N) is 3. The second-order valence-corrected chi connectivity index (χ2v) is 10.8. The highest BCUT2D eigenvalue weighted by molar-refractivity contribution is 5.56. The van der Waals surface area contributed by atoms with Crippen molar-refractivity contribution in [3.63, 3.8) is 0 Å². The number of nitrogen functional groups attached to an aromatic ring is 1. The van der Waals surface area contributed by atoms with Gasteiger partial charge in [0, 0.05) is 24.5 Å². The van der Waals surface area contributed by atoms with Crippen LogP contribution < -0.4 is 31.2 Å². The van der Waals surface area contributed by atoms with Gasteiger partial charge < -0.3 is 31.2 Å². The number of unbranched alkanes of at least 4 members (excludes halogenated alkanes) is 10. The molecular weight excluding hydrogens is 550 g/mol. The third kappa shape index (κ3) is 16.8. The van der Waals surface area contributed by atoms with Crippen LogP contribution in [0.2, 0.25) is 0 Å². The molecule has 0 fully saturated rings. The van der Waals surface area contributed by atoms with Gasteiger partial charge in [-0.2, -0.15) is 15.0 Å². The maximum atomic E-state index is 5.53. The molecule has 0 aliphatic rings. The van der Waals surface area contributed by atoms with Crippen LogP contribution in [0.1, 0.15) is 105 Å². The molecule has 0 spiro atoms. The lowest BCUT2D eigenvalue weighted by molar-refractivity contribution is 0.340. The highest BCUT2D eigenvalue weighted by Gasteiger charge is 2.07. The maximum absolute atomic E-state index is 5.53. The normalized spacial score (nSPS) is 10.5. The molecule has 1 aromatic heterocycles. The van der Waals surface area contributed by atoms with Gasteiger partial charge in [-0.3, -0.25) is 0 Å². The van der Waals surface area contributed by atoms with E-state index in [-0.39, 0.29) is 0 Å². The standard InChI is InChI=1S/C27H46N6O.C8H11NO/c1-4-7-9-11-13-15-21-28-25-31-26(29-22-16-14-12-10-8-5-2)33-27(32-25)30-23-17-19-24(20-18-23)34-6-3;1-2-10-8-5-3-7(9)4-6-8/h17-20H,4-16,21-22H2,1-3H3,(H3,28,29,30,31,32,33);3-6H,2,9H2,1H3. The number of ether oxygens (including phenoxy) is 2. The van der Waals surface area contributed by atoms with E-state index < -0.39 is 0 Å². The Morgan fingerprint density at radius 1 is 0.523 bits per heavy atom. The minimum absolute atomic E-state index is 0.537. The number of aromatic nitrogens is 3. The van der Waals surface area contributed by atoms with Crippen molar-refractivity contribution < 1.29 is 9.47 Å². The van der Waals surface area contributed by atoms with Crippen LogP contribution in [0.4, 0.5) is 29.2 Å². The molecule has 0 bridgehead atoms. The Morgan fingerprint density at radius 2 is 0.932 bits per heavy atom. The Bertz CT molecular complexity index is 1070. The molecule has 44 heavy (non-hydrogen) atoms. The van der Waals surface area contributed by atoms with Crippen molar-refractivity contribution in [1.82, 2.24) is 15.0 Å². The van der Waals surface area contributed by atoms with E-state index in [4.69, 9.17) is 15.2 Å². The van der Waals surface area contributed by atoms with Crippen molar-refractivity contribution in [2.24, 2.45) is 0 Å². The summed E-state index contributed by atoms with van der Waals surface area (Å²) in [6.45, 7) is 11.5. The zero-order chi connectivity index (χ0) is 31.7. The van der Waals surface area contributed by atoms with Gasteiger partial charge in [-0.25, -0.2) is 0 Å². The summed E-state index contributed by atoms with van der Waals surface area (Å²) in [5, 5.41) is 10.1. The first-order valence-corrected chi connectivity index (χ1v) is 16.8. The SMILES string of the molecule is CCCCCCCCNc1nc(NCCCCCCCC)nc(Nc2ccc(OCC)cc2)n1.CCOc1ccc(N)cc1. The number of hydrogen-bond acceptors (Lipinski definition) is 9. The van der Waals surface area contributed by atoms with E-state index in [9.17, 15) is 0 Å². The second kappa shape index (κ2) is 23.7. The van der Waals surface area contributed by atoms with E-state index in [1.165, 1.54) is 64.2 Å². The molecule has 0 saturated carbocycles. The average Bonchev–Trinajstić information content (AvgIpc) is 3.03. The van der Waals surface area contributed by atoms with Gasteiger partial charge in [0.1, 0.15) is 11.5 Å². The predicted octanol–water partition coefficient (Wildman–Crippen LogP) is 9.23. The zero-order valence-corrected chi connectivity index (χ0v) is 27.7. The second-order valence-electron chi connectivity index (χ2n) is 10.8. The summed E-state index contributed by atoms with van der Waals surface area (Å²) < 4.78 is 10.7. The monoisotopic (exact) mass is 607 g/mol. The van der Waals surface area contributed by atoms with Crippen LogP contribution in [0.5, 0.6) is 11.5 Å². The Hall–Kier alpha value is -3.75. The molecule has 1 heterocycles. The van der Waals surface area contributed by atoms with Crippen LogP contribution in [0, 0.1) is 0 Å². The number of anilines is 5. The van der Waals surface area contributed by atoms with Crippen LogP contribution in [0.3, 0.4) is 0 Å². The molecule has 0 atom stereocenters. The number of nitrogens with one attached hydrogen (secondary N) is 3. The molecular formula is C35H57N7O2. The molecule has 244 valence electrons. The number of hydrogen-bond donors (Lipinski definition) is 4. The fraction of sp³-hybridized carbons (Fsp3) is 0.571. The fourth-order valence-corrected chi connectivity index (χ4v) is 4.46. The lowest BCUT2D eigenvalue weighted by Crippen LogP contribution is -2.12. The molecule has 0 radical (unpaired) electrons. The van der Waals surface area contributed by atoms with E-state index in [1.54, 1.807) is 0 Å². The van der Waals surface area contributed by atoms with Gasteiger partial charge in [-0.15, -0.1) is 0 Å². The molecule has 9 nitrogen and oxygen atoms in total. The molecule has 3 aromatic rings. The average molecular weight is 608 g/mol. The van der Waals surface area contributed by atoms with Gasteiger partial charge >= 0.3 is 0 Å². The van der Waals surface area contributed by atoms with Crippen LogP contribution in [0.15, 0.2) is 48.5 Å². The lowest BCUT2D eigenvalue weighted by atomic mass is 10.1. The highest BCUT2D eigenvalue weighted by Crippen LogP contribution is 2.20. The minimum Gasteiger partial charge on any atom is -0.494 e. The van der Waals surface area contributed by atoms with E-state index in [1.807, 2.05) is 62.4 Å². The first-order chi connectivity index (χ1) is 21.6. The van der Waals surface area contributed by atoms with Crippen molar-refractivity contribution >= 4 is 29.2 Å². The molecule has 5 N–H and O–H groups in total. The number of rotatable bonds is 22. The minimum atomic E-state index is 0.537. The topological polar surface area (TPSA) is 119 Å². The largest absolute Gasteiger partial charge is 0.494 e. The van der Waals surface area contributed by atoms with Gasteiger partial charge in [-0.1, -0.05) is 78.1 Å². The van der Waals surface area contributed by atoms with Gasteiger partial charge in [0.25, 0.3) is 0 Å². The number of benzene rings is 2. The summed E-state index contributed by atoms with van der Waals surface area (Å²) in [5.41, 5.74) is 7.15. The summed E-state index contributed by atoms with van der Waals surface area (Å²) >= 11 is 0. The van der Waals surface area contributed by atoms with Crippen molar-refractivity contribution in [3.05, 3.63) is 48.5 Å². The van der Waals surface area contributed by atoms with Gasteiger partial charge in [0.05, 0.1) is 13.2 Å². The fourth-order valence-electron chi connectivity index (χ4n) is 4.46. The van der Waals surface area contributed by atoms with Crippen molar-refractivity contribution in [2.45, 2.75) is 105 Å². The zero-order valence-electron chi connectivity index (χ0n) is 27.7. The van der Waals surface area contributed by atoms with Gasteiger partial charge in [0.15, 0.2) is 0 Å². The van der Waals surface area contributed by atoms with E-state index in [0.717, 1.165) is 48.8 Å². The summed E-state index contributed by atoms with van der Waals surface area (Å²) in [4.78, 5) is 13.8. The lowest BCUT2D eigenvalue weighted by Gasteiger charge is -2.12. The molecule has 9 heteroatoms.